The topological polar surface area (TPSA) is 75.9 Å². The van der Waals surface area contributed by atoms with Gasteiger partial charge in [0.15, 0.2) is 0 Å². The van der Waals surface area contributed by atoms with Crippen molar-refractivity contribution < 1.29 is 13.2 Å². The van der Waals surface area contributed by atoms with Crippen molar-refractivity contribution in [2.75, 3.05) is 10.7 Å². The number of halogens is 4. The highest BCUT2D eigenvalue weighted by atomic mass is 79.9. The number of hydrogen-bond donors (Lipinski definition) is 3. The first kappa shape index (κ1) is 14.5. The molecule has 0 amide bonds. The van der Waals surface area contributed by atoms with Crippen molar-refractivity contribution in [3.63, 3.8) is 0 Å². The highest BCUT2D eigenvalue weighted by Gasteiger charge is 2.33. The summed E-state index contributed by atoms with van der Waals surface area (Å²) in [4.78, 5) is 7.75. The van der Waals surface area contributed by atoms with Gasteiger partial charge in [-0.25, -0.2) is 10.8 Å². The Balaban J connectivity index is 2.40. The summed E-state index contributed by atoms with van der Waals surface area (Å²) in [5.74, 6) is 5.42. The average molecular weight is 348 g/mol. The smallest absolute Gasteiger partial charge is 0.339 e. The zero-order chi connectivity index (χ0) is 14.8. The van der Waals surface area contributed by atoms with Crippen molar-refractivity contribution in [3.05, 3.63) is 40.5 Å². The fourth-order valence-electron chi connectivity index (χ4n) is 1.49. The fourth-order valence-corrected chi connectivity index (χ4v) is 1.78. The van der Waals surface area contributed by atoms with Gasteiger partial charge in [-0.1, -0.05) is 12.1 Å². The van der Waals surface area contributed by atoms with E-state index in [0.717, 1.165) is 6.07 Å². The molecule has 0 saturated heterocycles. The Morgan fingerprint density at radius 2 is 1.90 bits per heavy atom. The lowest BCUT2D eigenvalue weighted by atomic mass is 10.1. The molecule has 106 valence electrons. The second-order valence-electron chi connectivity index (χ2n) is 3.70. The van der Waals surface area contributed by atoms with Crippen LogP contribution >= 0.6 is 15.9 Å². The number of para-hydroxylation sites is 1. The Hall–Kier alpha value is -1.87. The van der Waals surface area contributed by atoms with E-state index in [0.29, 0.717) is 4.47 Å². The first-order chi connectivity index (χ1) is 9.41. The molecule has 0 radical (unpaired) electrons. The monoisotopic (exact) mass is 347 g/mol. The van der Waals surface area contributed by atoms with E-state index in [-0.39, 0.29) is 17.5 Å². The number of hydrazine groups is 1. The summed E-state index contributed by atoms with van der Waals surface area (Å²) in [6.07, 6.45) is -3.08. The third kappa shape index (κ3) is 3.17. The summed E-state index contributed by atoms with van der Waals surface area (Å²) < 4.78 is 39.1. The van der Waals surface area contributed by atoms with Gasteiger partial charge in [-0.2, -0.15) is 18.2 Å². The summed E-state index contributed by atoms with van der Waals surface area (Å²) in [7, 11) is 0. The number of nitrogen functional groups attached to an aromatic ring is 1. The number of benzene rings is 1. The van der Waals surface area contributed by atoms with Gasteiger partial charge < -0.3 is 5.32 Å². The number of alkyl halides is 3. The van der Waals surface area contributed by atoms with Gasteiger partial charge in [0, 0.05) is 6.20 Å². The number of nitrogens with two attached hydrogens (primary N) is 1. The molecule has 0 atom stereocenters. The lowest BCUT2D eigenvalue weighted by Crippen LogP contribution is -2.12. The zero-order valence-corrected chi connectivity index (χ0v) is 11.5. The van der Waals surface area contributed by atoms with Gasteiger partial charge in [0.2, 0.25) is 5.95 Å². The summed E-state index contributed by atoms with van der Waals surface area (Å²) in [5.41, 5.74) is 1.33. The predicted molar refractivity (Wildman–Crippen MR) is 72.3 cm³/mol. The van der Waals surface area contributed by atoms with Crippen LogP contribution in [-0.2, 0) is 6.18 Å². The molecule has 20 heavy (non-hydrogen) atoms. The van der Waals surface area contributed by atoms with Gasteiger partial charge in [0.1, 0.15) is 5.82 Å². The minimum Gasteiger partial charge on any atom is -0.339 e. The number of nitrogens with zero attached hydrogens (tertiary/aromatic N) is 2. The summed E-state index contributed by atoms with van der Waals surface area (Å²) in [6.45, 7) is 0. The Bertz CT molecular complexity index is 617. The van der Waals surface area contributed by atoms with Crippen LogP contribution in [-0.4, -0.2) is 9.97 Å². The lowest BCUT2D eigenvalue weighted by molar-refractivity contribution is -0.136. The van der Waals surface area contributed by atoms with E-state index in [1.165, 1.54) is 24.4 Å². The van der Waals surface area contributed by atoms with Crippen molar-refractivity contribution in [2.24, 2.45) is 5.84 Å². The second kappa shape index (κ2) is 5.63. The van der Waals surface area contributed by atoms with Crippen LogP contribution in [0.4, 0.5) is 30.6 Å². The molecule has 5 nitrogen and oxygen atoms in total. The molecule has 0 bridgehead atoms. The lowest BCUT2D eigenvalue weighted by Gasteiger charge is -2.14. The van der Waals surface area contributed by atoms with Crippen LogP contribution in [0.25, 0.3) is 0 Å². The van der Waals surface area contributed by atoms with Gasteiger partial charge in [0.05, 0.1) is 15.7 Å². The van der Waals surface area contributed by atoms with E-state index in [1.807, 2.05) is 0 Å². The molecule has 1 heterocycles. The molecule has 2 aromatic rings. The Morgan fingerprint density at radius 1 is 1.20 bits per heavy atom. The van der Waals surface area contributed by atoms with Crippen LogP contribution in [0.2, 0.25) is 0 Å². The molecule has 1 aromatic heterocycles. The summed E-state index contributed by atoms with van der Waals surface area (Å²) in [6, 6.07) is 5.11. The van der Waals surface area contributed by atoms with Crippen LogP contribution < -0.4 is 16.6 Å². The Labute approximate surface area is 120 Å². The maximum atomic E-state index is 12.9. The van der Waals surface area contributed by atoms with Crippen molar-refractivity contribution in [3.8, 4) is 0 Å². The maximum absolute atomic E-state index is 12.9. The normalized spacial score (nSPS) is 11.2. The minimum atomic E-state index is -4.46. The molecule has 0 unspecified atom stereocenters. The molecule has 0 aliphatic carbocycles. The zero-order valence-electron chi connectivity index (χ0n) is 9.87. The number of hydrogen-bond acceptors (Lipinski definition) is 5. The second-order valence-corrected chi connectivity index (χ2v) is 4.56. The molecule has 0 spiro atoms. The molecule has 4 N–H and O–H groups in total. The van der Waals surface area contributed by atoms with Gasteiger partial charge in [0.25, 0.3) is 0 Å². The van der Waals surface area contributed by atoms with E-state index >= 15 is 0 Å². The number of aromatic nitrogens is 2. The molecule has 0 aliphatic rings. The summed E-state index contributed by atoms with van der Waals surface area (Å²) in [5, 5.41) is 2.61. The molecule has 0 saturated carbocycles. The number of nitrogens with one attached hydrogen (secondary N) is 2. The van der Waals surface area contributed by atoms with Crippen LogP contribution in [0.3, 0.4) is 0 Å². The molecule has 0 aliphatic heterocycles. The van der Waals surface area contributed by atoms with Crippen LogP contribution in [0, 0.1) is 0 Å². The number of anilines is 3. The van der Waals surface area contributed by atoms with E-state index in [1.54, 1.807) is 0 Å². The molecular formula is C11H9BrF3N5. The average Bonchev–Trinajstić information content (AvgIpc) is 2.41. The van der Waals surface area contributed by atoms with Gasteiger partial charge >= 0.3 is 6.18 Å². The summed E-state index contributed by atoms with van der Waals surface area (Å²) >= 11 is 3.15. The Morgan fingerprint density at radius 3 is 2.55 bits per heavy atom. The quantitative estimate of drug-likeness (QED) is 0.586. The number of rotatable bonds is 3. The standard InChI is InChI=1S/C11H9BrF3N5/c12-7-5-17-10(20-16)19-9(7)18-8-4-2-1-3-6(8)11(13,14)15/h1-5H,16H2,(H2,17,18,19,20). The highest BCUT2D eigenvalue weighted by molar-refractivity contribution is 9.10. The molecular weight excluding hydrogens is 339 g/mol. The van der Waals surface area contributed by atoms with E-state index in [2.05, 4.69) is 36.6 Å². The van der Waals surface area contributed by atoms with Crippen molar-refractivity contribution in [1.29, 1.82) is 0 Å². The van der Waals surface area contributed by atoms with Crippen molar-refractivity contribution in [1.82, 2.24) is 9.97 Å². The largest absolute Gasteiger partial charge is 0.418 e. The maximum Gasteiger partial charge on any atom is 0.418 e. The first-order valence-electron chi connectivity index (χ1n) is 5.34. The van der Waals surface area contributed by atoms with Crippen molar-refractivity contribution >= 4 is 33.4 Å². The van der Waals surface area contributed by atoms with Crippen LogP contribution in [0.1, 0.15) is 5.56 Å². The van der Waals surface area contributed by atoms with E-state index in [9.17, 15) is 13.2 Å². The molecule has 0 fully saturated rings. The van der Waals surface area contributed by atoms with Crippen LogP contribution in [0.5, 0.6) is 0 Å². The van der Waals surface area contributed by atoms with Gasteiger partial charge in [-0.15, -0.1) is 0 Å². The molecule has 1 aromatic carbocycles. The van der Waals surface area contributed by atoms with E-state index < -0.39 is 11.7 Å². The third-order valence-electron chi connectivity index (χ3n) is 2.36. The third-order valence-corrected chi connectivity index (χ3v) is 2.94. The predicted octanol–water partition coefficient (Wildman–Crippen LogP) is 3.29. The highest BCUT2D eigenvalue weighted by Crippen LogP contribution is 2.36. The first-order valence-corrected chi connectivity index (χ1v) is 6.13. The minimum absolute atomic E-state index is 0.0835. The van der Waals surface area contributed by atoms with Crippen molar-refractivity contribution in [2.45, 2.75) is 6.18 Å². The molecule has 9 heteroatoms. The van der Waals surface area contributed by atoms with Crippen LogP contribution in [0.15, 0.2) is 34.9 Å². The Kier molecular flexibility index (Phi) is 4.09. The SMILES string of the molecule is NNc1ncc(Br)c(Nc2ccccc2C(F)(F)F)n1. The van der Waals surface area contributed by atoms with Gasteiger partial charge in [-0.3, -0.25) is 5.43 Å². The fraction of sp³-hybridized carbons (Fsp3) is 0.0909. The van der Waals surface area contributed by atoms with Gasteiger partial charge in [-0.05, 0) is 28.1 Å². The van der Waals surface area contributed by atoms with E-state index in [4.69, 9.17) is 5.84 Å². The molecule has 2 rings (SSSR count).